The summed E-state index contributed by atoms with van der Waals surface area (Å²) in [6, 6.07) is 7.91. The molecule has 34 heavy (non-hydrogen) atoms. The minimum atomic E-state index is -2.40. The average Bonchev–Trinajstić information content (AvgIpc) is 2.81. The van der Waals surface area contributed by atoms with Crippen molar-refractivity contribution in [2.75, 3.05) is 12.0 Å². The number of ether oxygens (including phenoxy) is 2. The first-order chi connectivity index (χ1) is 16.1. The maximum absolute atomic E-state index is 14.2. The van der Waals surface area contributed by atoms with Crippen molar-refractivity contribution in [3.05, 3.63) is 82.9 Å². The number of para-hydroxylation sites is 1. The number of hydrogen-bond acceptors (Lipinski definition) is 4. The van der Waals surface area contributed by atoms with Crippen molar-refractivity contribution in [3.63, 3.8) is 0 Å². The van der Waals surface area contributed by atoms with Gasteiger partial charge in [0.1, 0.15) is 11.6 Å². The summed E-state index contributed by atoms with van der Waals surface area (Å²) in [4.78, 5) is 25.0. The van der Waals surface area contributed by atoms with E-state index in [-0.39, 0.29) is 22.7 Å². The summed E-state index contributed by atoms with van der Waals surface area (Å²) in [5.74, 6) is -15.5. The van der Waals surface area contributed by atoms with Crippen molar-refractivity contribution in [1.82, 2.24) is 0 Å². The molecule has 0 atom stereocenters. The van der Waals surface area contributed by atoms with Crippen molar-refractivity contribution in [2.24, 2.45) is 5.73 Å². The summed E-state index contributed by atoms with van der Waals surface area (Å²) >= 11 is 0. The lowest BCUT2D eigenvalue weighted by molar-refractivity contribution is -0.134. The third-order valence-corrected chi connectivity index (χ3v) is 4.53. The molecule has 2 amide bonds. The molecule has 0 spiro atoms. The Morgan fingerprint density at radius 2 is 1.44 bits per heavy atom. The number of esters is 1. The molecule has 3 aromatic rings. The van der Waals surface area contributed by atoms with E-state index in [0.29, 0.717) is 0 Å². The van der Waals surface area contributed by atoms with Crippen LogP contribution in [-0.2, 0) is 11.2 Å². The van der Waals surface area contributed by atoms with Crippen molar-refractivity contribution >= 4 is 23.4 Å². The van der Waals surface area contributed by atoms with Crippen LogP contribution in [0, 0.1) is 34.9 Å². The highest BCUT2D eigenvalue weighted by Gasteiger charge is 2.29. The summed E-state index contributed by atoms with van der Waals surface area (Å²) in [5.41, 5.74) is 5.31. The number of primary amides is 1. The Morgan fingerprint density at radius 1 is 0.853 bits per heavy atom. The van der Waals surface area contributed by atoms with E-state index in [0.717, 1.165) is 11.0 Å². The van der Waals surface area contributed by atoms with E-state index in [9.17, 15) is 35.9 Å². The normalized spacial score (nSPS) is 10.7. The van der Waals surface area contributed by atoms with Gasteiger partial charge in [-0.05, 0) is 29.8 Å². The largest absolute Gasteiger partial charge is 0.495 e. The van der Waals surface area contributed by atoms with Crippen LogP contribution in [0.5, 0.6) is 11.5 Å². The summed E-state index contributed by atoms with van der Waals surface area (Å²) in [6.07, 6.45) is -0.688. The minimum Gasteiger partial charge on any atom is -0.495 e. The molecule has 3 aromatic carbocycles. The number of hydrogen-bond donors (Lipinski definition) is 1. The Bertz CT molecular complexity index is 1260. The SMILES string of the molecule is COc1cc(CC(=O)Oc2c(F)c(F)c(F)c(F)c2F)ccc1N(C(N)=O)c1ccccc1F. The number of urea groups is 1. The molecule has 0 fully saturated rings. The minimum absolute atomic E-state index is 0.00279. The maximum Gasteiger partial charge on any atom is 0.324 e. The van der Waals surface area contributed by atoms with Crippen LogP contribution in [0.2, 0.25) is 0 Å². The molecular formula is C22H14F6N2O4. The van der Waals surface area contributed by atoms with E-state index in [1.54, 1.807) is 0 Å². The zero-order valence-electron chi connectivity index (χ0n) is 17.2. The third kappa shape index (κ3) is 4.60. The van der Waals surface area contributed by atoms with Crippen LogP contribution in [0.25, 0.3) is 0 Å². The van der Waals surface area contributed by atoms with Gasteiger partial charge in [-0.25, -0.2) is 22.4 Å². The first-order valence-corrected chi connectivity index (χ1v) is 9.29. The molecule has 2 N–H and O–H groups in total. The summed E-state index contributed by atoms with van der Waals surface area (Å²) < 4.78 is 91.0. The molecule has 0 aliphatic carbocycles. The Kier molecular flexibility index (Phi) is 6.99. The van der Waals surface area contributed by atoms with Crippen molar-refractivity contribution < 1.29 is 45.4 Å². The van der Waals surface area contributed by atoms with Gasteiger partial charge >= 0.3 is 12.0 Å². The average molecular weight is 484 g/mol. The second kappa shape index (κ2) is 9.73. The molecule has 0 radical (unpaired) electrons. The number of halogens is 6. The Morgan fingerprint density at radius 3 is 2.00 bits per heavy atom. The predicted molar refractivity (Wildman–Crippen MR) is 107 cm³/mol. The van der Waals surface area contributed by atoms with Gasteiger partial charge in [0.05, 0.1) is 24.9 Å². The number of carbonyl (C=O) groups excluding carboxylic acids is 2. The van der Waals surface area contributed by atoms with Gasteiger partial charge in [0, 0.05) is 0 Å². The molecule has 0 unspecified atom stereocenters. The topological polar surface area (TPSA) is 81.9 Å². The van der Waals surface area contributed by atoms with Crippen molar-refractivity contribution in [1.29, 1.82) is 0 Å². The Hall–Kier alpha value is -4.22. The number of carbonyl (C=O) groups is 2. The standard InChI is InChI=1S/C22H14F6N2O4/c1-33-14-8-10(6-7-13(14)30(22(29)32)12-5-3-2-4-11(12)23)9-15(31)34-21-19(27)17(25)16(24)18(26)20(21)28/h2-8H,9H2,1H3,(H2,29,32). The lowest BCUT2D eigenvalue weighted by Crippen LogP contribution is -2.32. The van der Waals surface area contributed by atoms with E-state index < -0.39 is 59.1 Å². The van der Waals surface area contributed by atoms with E-state index in [4.69, 9.17) is 10.5 Å². The zero-order valence-corrected chi connectivity index (χ0v) is 17.2. The van der Waals surface area contributed by atoms with Crippen molar-refractivity contribution in [2.45, 2.75) is 6.42 Å². The molecule has 12 heteroatoms. The van der Waals surface area contributed by atoms with Gasteiger partial charge in [0.25, 0.3) is 0 Å². The number of anilines is 2. The van der Waals surface area contributed by atoms with E-state index >= 15 is 0 Å². The van der Waals surface area contributed by atoms with Crippen LogP contribution in [0.3, 0.4) is 0 Å². The smallest absolute Gasteiger partial charge is 0.324 e. The molecule has 0 aliphatic heterocycles. The number of nitrogens with two attached hydrogens (primary N) is 1. The lowest BCUT2D eigenvalue weighted by atomic mass is 10.1. The van der Waals surface area contributed by atoms with Gasteiger partial charge in [-0.3, -0.25) is 9.69 Å². The van der Waals surface area contributed by atoms with Gasteiger partial charge < -0.3 is 15.2 Å². The molecule has 3 rings (SSSR count). The predicted octanol–water partition coefficient (Wildman–Crippen LogP) is 4.89. The fourth-order valence-electron chi connectivity index (χ4n) is 3.01. The van der Waals surface area contributed by atoms with Crippen LogP contribution in [0.4, 0.5) is 42.5 Å². The Balaban J connectivity index is 1.90. The highest BCUT2D eigenvalue weighted by atomic mass is 19.2. The molecule has 0 saturated carbocycles. The molecule has 0 aromatic heterocycles. The van der Waals surface area contributed by atoms with Crippen LogP contribution in [0.1, 0.15) is 5.56 Å². The van der Waals surface area contributed by atoms with Crippen LogP contribution >= 0.6 is 0 Å². The fraction of sp³-hybridized carbons (Fsp3) is 0.0909. The molecule has 178 valence electrons. The first kappa shape index (κ1) is 24.4. The van der Waals surface area contributed by atoms with Gasteiger partial charge in [0.2, 0.25) is 34.8 Å². The highest BCUT2D eigenvalue weighted by Crippen LogP contribution is 2.36. The van der Waals surface area contributed by atoms with Crippen LogP contribution < -0.4 is 20.1 Å². The highest BCUT2D eigenvalue weighted by molar-refractivity contribution is 6.00. The summed E-state index contributed by atoms with van der Waals surface area (Å²) in [5, 5.41) is 0. The monoisotopic (exact) mass is 484 g/mol. The number of rotatable bonds is 6. The number of nitrogens with zero attached hydrogens (tertiary/aromatic N) is 1. The fourth-order valence-corrected chi connectivity index (χ4v) is 3.01. The number of methoxy groups -OCH3 is 1. The number of amides is 2. The van der Waals surface area contributed by atoms with E-state index in [1.807, 2.05) is 0 Å². The van der Waals surface area contributed by atoms with Gasteiger partial charge in [-0.2, -0.15) is 8.78 Å². The van der Waals surface area contributed by atoms with Crippen LogP contribution in [0.15, 0.2) is 42.5 Å². The van der Waals surface area contributed by atoms with Gasteiger partial charge in [-0.15, -0.1) is 0 Å². The van der Waals surface area contributed by atoms with E-state index in [1.165, 1.54) is 43.5 Å². The summed E-state index contributed by atoms with van der Waals surface area (Å²) in [6.45, 7) is 0. The lowest BCUT2D eigenvalue weighted by Gasteiger charge is -2.23. The molecule has 0 aliphatic rings. The summed E-state index contributed by atoms with van der Waals surface area (Å²) in [7, 11) is 1.20. The second-order valence-corrected chi connectivity index (χ2v) is 6.68. The third-order valence-electron chi connectivity index (χ3n) is 4.53. The quantitative estimate of drug-likeness (QED) is 0.178. The van der Waals surface area contributed by atoms with Crippen molar-refractivity contribution in [3.8, 4) is 11.5 Å². The molecule has 0 heterocycles. The maximum atomic E-state index is 14.2. The van der Waals surface area contributed by atoms with E-state index in [2.05, 4.69) is 4.74 Å². The Labute approximate surface area is 188 Å². The number of benzene rings is 3. The molecule has 0 saturated heterocycles. The first-order valence-electron chi connectivity index (χ1n) is 9.29. The van der Waals surface area contributed by atoms with Gasteiger partial charge in [0.15, 0.2) is 0 Å². The molecule has 6 nitrogen and oxygen atoms in total. The van der Waals surface area contributed by atoms with Gasteiger partial charge in [-0.1, -0.05) is 18.2 Å². The van der Waals surface area contributed by atoms with Crippen LogP contribution in [-0.4, -0.2) is 19.1 Å². The molecular weight excluding hydrogens is 470 g/mol. The second-order valence-electron chi connectivity index (χ2n) is 6.68. The molecule has 0 bridgehead atoms. The zero-order chi connectivity index (χ0) is 25.2.